The van der Waals surface area contributed by atoms with Crippen molar-refractivity contribution in [2.75, 3.05) is 18.9 Å². The molecular formula is C15H25N3O3S. The van der Waals surface area contributed by atoms with Crippen LogP contribution in [-0.4, -0.2) is 38.3 Å². The van der Waals surface area contributed by atoms with E-state index in [-0.39, 0.29) is 16.8 Å². The lowest BCUT2D eigenvalue weighted by molar-refractivity contribution is -0.114. The molecular weight excluding hydrogens is 302 g/mol. The third kappa shape index (κ3) is 5.08. The summed E-state index contributed by atoms with van der Waals surface area (Å²) in [7, 11) is -1.99. The highest BCUT2D eigenvalue weighted by molar-refractivity contribution is 7.89. The van der Waals surface area contributed by atoms with Gasteiger partial charge in [0, 0.05) is 32.2 Å². The van der Waals surface area contributed by atoms with Crippen LogP contribution in [-0.2, 0) is 14.8 Å². The van der Waals surface area contributed by atoms with Crippen LogP contribution in [0, 0.1) is 5.92 Å². The smallest absolute Gasteiger partial charge is 0.242 e. The zero-order valence-electron chi connectivity index (χ0n) is 13.5. The molecule has 0 aromatic heterocycles. The maximum atomic E-state index is 12.4. The number of benzene rings is 1. The summed E-state index contributed by atoms with van der Waals surface area (Å²) in [6.45, 7) is 5.80. The molecule has 0 heterocycles. The molecule has 3 N–H and O–H groups in total. The molecule has 0 aliphatic heterocycles. The lowest BCUT2D eigenvalue weighted by Crippen LogP contribution is -2.34. The van der Waals surface area contributed by atoms with Crippen molar-refractivity contribution in [1.82, 2.24) is 4.31 Å². The highest BCUT2D eigenvalue weighted by atomic mass is 32.2. The summed E-state index contributed by atoms with van der Waals surface area (Å²) in [5.41, 5.74) is 6.52. The number of nitrogens with two attached hydrogens (primary N) is 1. The normalized spacial score (nSPS) is 13.4. The molecule has 0 fully saturated rings. The second kappa shape index (κ2) is 7.71. The Morgan fingerprint density at radius 3 is 2.27 bits per heavy atom. The molecule has 1 amide bonds. The van der Waals surface area contributed by atoms with Crippen molar-refractivity contribution in [3.05, 3.63) is 24.3 Å². The van der Waals surface area contributed by atoms with Crippen LogP contribution in [0.2, 0.25) is 0 Å². The van der Waals surface area contributed by atoms with E-state index in [1.54, 1.807) is 19.2 Å². The highest BCUT2D eigenvalue weighted by Crippen LogP contribution is 2.18. The number of carbonyl (C=O) groups excluding carboxylic acids is 1. The topological polar surface area (TPSA) is 92.5 Å². The molecule has 1 aromatic rings. The van der Waals surface area contributed by atoms with E-state index in [1.807, 2.05) is 13.8 Å². The Bertz CT molecular complexity index is 597. The van der Waals surface area contributed by atoms with Crippen LogP contribution in [0.3, 0.4) is 0 Å². The molecule has 7 heteroatoms. The van der Waals surface area contributed by atoms with Crippen molar-refractivity contribution in [2.45, 2.75) is 38.1 Å². The fourth-order valence-electron chi connectivity index (χ4n) is 1.88. The zero-order valence-corrected chi connectivity index (χ0v) is 14.4. The Labute approximate surface area is 132 Å². The van der Waals surface area contributed by atoms with E-state index in [0.29, 0.717) is 24.6 Å². The van der Waals surface area contributed by atoms with Crippen LogP contribution < -0.4 is 11.1 Å². The number of hydrogen-bond donors (Lipinski definition) is 2. The van der Waals surface area contributed by atoms with Crippen molar-refractivity contribution in [3.63, 3.8) is 0 Å². The van der Waals surface area contributed by atoms with Gasteiger partial charge in [-0.1, -0.05) is 13.8 Å². The average Bonchev–Trinajstić information content (AvgIpc) is 2.44. The minimum atomic E-state index is -3.54. The third-order valence-electron chi connectivity index (χ3n) is 3.52. The van der Waals surface area contributed by atoms with Gasteiger partial charge in [-0.15, -0.1) is 0 Å². The van der Waals surface area contributed by atoms with E-state index in [2.05, 4.69) is 5.32 Å². The Morgan fingerprint density at radius 2 is 1.82 bits per heavy atom. The Hall–Kier alpha value is -1.44. The lowest BCUT2D eigenvalue weighted by atomic mass is 10.0. The predicted octanol–water partition coefficient (Wildman–Crippen LogP) is 1.64. The van der Waals surface area contributed by atoms with Crippen LogP contribution in [0.1, 0.15) is 27.2 Å². The summed E-state index contributed by atoms with van der Waals surface area (Å²) >= 11 is 0. The van der Waals surface area contributed by atoms with Crippen LogP contribution in [0.25, 0.3) is 0 Å². The first-order valence-electron chi connectivity index (χ1n) is 7.24. The Morgan fingerprint density at radius 1 is 1.27 bits per heavy atom. The molecule has 1 aromatic carbocycles. The van der Waals surface area contributed by atoms with Gasteiger partial charge in [-0.05, 0) is 36.6 Å². The van der Waals surface area contributed by atoms with E-state index < -0.39 is 10.0 Å². The summed E-state index contributed by atoms with van der Waals surface area (Å²) in [6, 6.07) is 6.09. The molecule has 1 rings (SSSR count). The number of amides is 1. The van der Waals surface area contributed by atoms with Gasteiger partial charge in [0.2, 0.25) is 15.9 Å². The molecule has 1 unspecified atom stereocenters. The summed E-state index contributed by atoms with van der Waals surface area (Å²) in [5.74, 6) is 0.114. The summed E-state index contributed by atoms with van der Waals surface area (Å²) in [6.07, 6.45) is 0.609. The van der Waals surface area contributed by atoms with Crippen molar-refractivity contribution in [2.24, 2.45) is 11.7 Å². The molecule has 0 saturated carbocycles. The molecule has 0 saturated heterocycles. The average molecular weight is 327 g/mol. The van der Waals surface area contributed by atoms with Gasteiger partial charge >= 0.3 is 0 Å². The maximum absolute atomic E-state index is 12.4. The summed E-state index contributed by atoms with van der Waals surface area (Å²) < 4.78 is 26.2. The summed E-state index contributed by atoms with van der Waals surface area (Å²) in [5, 5.41) is 2.60. The van der Waals surface area contributed by atoms with E-state index in [9.17, 15) is 13.2 Å². The Balaban J connectivity index is 2.78. The fourth-order valence-corrected chi connectivity index (χ4v) is 3.06. The van der Waals surface area contributed by atoms with Gasteiger partial charge in [-0.3, -0.25) is 4.79 Å². The fraction of sp³-hybridized carbons (Fsp3) is 0.533. The van der Waals surface area contributed by atoms with E-state index in [4.69, 9.17) is 5.73 Å². The molecule has 0 aliphatic rings. The van der Waals surface area contributed by atoms with Gasteiger partial charge in [-0.25, -0.2) is 12.7 Å². The lowest BCUT2D eigenvalue weighted by Gasteiger charge is -2.21. The third-order valence-corrected chi connectivity index (χ3v) is 5.39. The van der Waals surface area contributed by atoms with E-state index >= 15 is 0 Å². The first-order valence-corrected chi connectivity index (χ1v) is 8.68. The quantitative estimate of drug-likeness (QED) is 0.796. The van der Waals surface area contributed by atoms with E-state index in [1.165, 1.54) is 23.4 Å². The second-order valence-corrected chi connectivity index (χ2v) is 7.77. The SMILES string of the molecule is CC(=O)Nc1ccc(S(=O)(=O)N(C)CCC(N)C(C)C)cc1. The first-order chi connectivity index (χ1) is 10.1. The largest absolute Gasteiger partial charge is 0.327 e. The number of nitrogens with zero attached hydrogens (tertiary/aromatic N) is 1. The molecule has 1 atom stereocenters. The molecule has 124 valence electrons. The summed E-state index contributed by atoms with van der Waals surface area (Å²) in [4.78, 5) is 11.2. The van der Waals surface area contributed by atoms with Crippen molar-refractivity contribution >= 4 is 21.6 Å². The first kappa shape index (κ1) is 18.6. The Kier molecular flexibility index (Phi) is 6.52. The zero-order chi connectivity index (χ0) is 16.9. The highest BCUT2D eigenvalue weighted by Gasteiger charge is 2.21. The molecule has 0 aliphatic carbocycles. The van der Waals surface area contributed by atoms with Gasteiger partial charge in [0.15, 0.2) is 0 Å². The van der Waals surface area contributed by atoms with Gasteiger partial charge in [0.25, 0.3) is 0 Å². The van der Waals surface area contributed by atoms with Crippen LogP contribution in [0.15, 0.2) is 29.2 Å². The number of nitrogens with one attached hydrogen (secondary N) is 1. The van der Waals surface area contributed by atoms with Crippen LogP contribution in [0.4, 0.5) is 5.69 Å². The molecule has 0 bridgehead atoms. The molecule has 0 radical (unpaired) electrons. The van der Waals surface area contributed by atoms with Crippen LogP contribution >= 0.6 is 0 Å². The maximum Gasteiger partial charge on any atom is 0.242 e. The van der Waals surface area contributed by atoms with Gasteiger partial charge < -0.3 is 11.1 Å². The minimum absolute atomic E-state index is 0.0280. The van der Waals surface area contributed by atoms with Gasteiger partial charge in [0.05, 0.1) is 4.90 Å². The van der Waals surface area contributed by atoms with Gasteiger partial charge in [-0.2, -0.15) is 0 Å². The number of rotatable bonds is 7. The number of hydrogen-bond acceptors (Lipinski definition) is 4. The molecule has 22 heavy (non-hydrogen) atoms. The standard InChI is InChI=1S/C15H25N3O3S/c1-11(2)15(16)9-10-18(4)22(20,21)14-7-5-13(6-8-14)17-12(3)19/h5-8,11,15H,9-10,16H2,1-4H3,(H,17,19). The monoisotopic (exact) mass is 327 g/mol. The number of carbonyl (C=O) groups is 1. The number of anilines is 1. The van der Waals surface area contributed by atoms with Crippen molar-refractivity contribution < 1.29 is 13.2 Å². The van der Waals surface area contributed by atoms with E-state index in [0.717, 1.165) is 0 Å². The number of sulfonamides is 1. The predicted molar refractivity (Wildman–Crippen MR) is 88.0 cm³/mol. The molecule has 6 nitrogen and oxygen atoms in total. The van der Waals surface area contributed by atoms with Crippen molar-refractivity contribution in [3.8, 4) is 0 Å². The van der Waals surface area contributed by atoms with Crippen molar-refractivity contribution in [1.29, 1.82) is 0 Å². The molecule has 0 spiro atoms. The van der Waals surface area contributed by atoms with Crippen LogP contribution in [0.5, 0.6) is 0 Å². The van der Waals surface area contributed by atoms with Gasteiger partial charge in [0.1, 0.15) is 0 Å². The minimum Gasteiger partial charge on any atom is -0.327 e. The second-order valence-electron chi connectivity index (χ2n) is 5.73.